The average Bonchev–Trinajstić information content (AvgIpc) is 2.72. The lowest BCUT2D eigenvalue weighted by atomic mass is 10.2. The number of ether oxygens (including phenoxy) is 1. The van der Waals surface area contributed by atoms with Crippen molar-refractivity contribution >= 4 is 11.6 Å². The van der Waals surface area contributed by atoms with Crippen molar-refractivity contribution in [1.29, 1.82) is 0 Å². The van der Waals surface area contributed by atoms with Gasteiger partial charge < -0.3 is 15.0 Å². The maximum atomic E-state index is 12.0. The summed E-state index contributed by atoms with van der Waals surface area (Å²) in [4.78, 5) is 20.7. The smallest absolute Gasteiger partial charge is 0.221 e. The van der Waals surface area contributed by atoms with Crippen LogP contribution in [0.5, 0.6) is 5.75 Å². The lowest BCUT2D eigenvalue weighted by Gasteiger charge is -2.36. The van der Waals surface area contributed by atoms with Crippen molar-refractivity contribution in [2.75, 3.05) is 44.7 Å². The molecule has 1 aromatic carbocycles. The first-order chi connectivity index (χ1) is 12.8. The molecule has 1 fully saturated rings. The van der Waals surface area contributed by atoms with E-state index < -0.39 is 0 Å². The highest BCUT2D eigenvalue weighted by Gasteiger charge is 2.19. The second-order valence-corrected chi connectivity index (χ2v) is 6.38. The van der Waals surface area contributed by atoms with Gasteiger partial charge in [0.1, 0.15) is 5.75 Å². The van der Waals surface area contributed by atoms with Crippen LogP contribution in [0.3, 0.4) is 0 Å². The molecule has 0 atom stereocenters. The summed E-state index contributed by atoms with van der Waals surface area (Å²) in [5.74, 6) is 1.01. The summed E-state index contributed by atoms with van der Waals surface area (Å²) in [6.07, 6.45) is 4.01. The Morgan fingerprint density at radius 3 is 2.58 bits per heavy atom. The van der Waals surface area contributed by atoms with Crippen LogP contribution in [-0.2, 0) is 11.3 Å². The Kier molecular flexibility index (Phi) is 6.44. The highest BCUT2D eigenvalue weighted by molar-refractivity contribution is 5.76. The van der Waals surface area contributed by atoms with Crippen LogP contribution in [0.25, 0.3) is 0 Å². The molecule has 3 rings (SSSR count). The van der Waals surface area contributed by atoms with Gasteiger partial charge in [-0.05, 0) is 29.8 Å². The number of piperazine rings is 1. The molecule has 1 N–H and O–H groups in total. The van der Waals surface area contributed by atoms with Crippen molar-refractivity contribution in [3.63, 3.8) is 0 Å². The van der Waals surface area contributed by atoms with Gasteiger partial charge in [0, 0.05) is 58.1 Å². The molecule has 1 saturated heterocycles. The van der Waals surface area contributed by atoms with Gasteiger partial charge in [0.05, 0.1) is 12.8 Å². The number of para-hydroxylation sites is 2. The third kappa shape index (κ3) is 4.95. The van der Waals surface area contributed by atoms with Crippen LogP contribution >= 0.6 is 0 Å². The number of benzene rings is 1. The van der Waals surface area contributed by atoms with E-state index in [1.807, 2.05) is 30.3 Å². The molecule has 0 radical (unpaired) electrons. The zero-order chi connectivity index (χ0) is 18.2. The van der Waals surface area contributed by atoms with Crippen LogP contribution in [0.15, 0.2) is 48.8 Å². The second kappa shape index (κ2) is 9.20. The molecule has 0 saturated carbocycles. The largest absolute Gasteiger partial charge is 0.495 e. The molecule has 1 amide bonds. The number of rotatable bonds is 7. The van der Waals surface area contributed by atoms with Gasteiger partial charge in [-0.1, -0.05) is 12.1 Å². The zero-order valence-electron chi connectivity index (χ0n) is 15.2. The number of amides is 1. The average molecular weight is 354 g/mol. The van der Waals surface area contributed by atoms with Gasteiger partial charge in [-0.25, -0.2) is 0 Å². The third-order valence-corrected chi connectivity index (χ3v) is 4.69. The molecular weight excluding hydrogens is 328 g/mol. The van der Waals surface area contributed by atoms with E-state index in [4.69, 9.17) is 4.74 Å². The van der Waals surface area contributed by atoms with E-state index in [9.17, 15) is 4.79 Å². The van der Waals surface area contributed by atoms with Crippen LogP contribution in [-0.4, -0.2) is 55.6 Å². The Morgan fingerprint density at radius 2 is 1.85 bits per heavy atom. The van der Waals surface area contributed by atoms with E-state index >= 15 is 0 Å². The fourth-order valence-electron chi connectivity index (χ4n) is 3.15. The van der Waals surface area contributed by atoms with Crippen LogP contribution in [0.1, 0.15) is 12.0 Å². The standard InChI is InChI=1S/C20H26N4O2/c1-26-19-5-3-2-4-18(19)24-14-12-23(13-15-24)11-8-20(25)22-16-17-6-9-21-10-7-17/h2-7,9-10H,8,11-16H2,1H3,(H,22,25). The lowest BCUT2D eigenvalue weighted by Crippen LogP contribution is -2.47. The maximum absolute atomic E-state index is 12.0. The number of hydrogen-bond donors (Lipinski definition) is 1. The number of carbonyl (C=O) groups excluding carboxylic acids is 1. The minimum absolute atomic E-state index is 0.0916. The van der Waals surface area contributed by atoms with Gasteiger partial charge >= 0.3 is 0 Å². The van der Waals surface area contributed by atoms with Crippen molar-refractivity contribution in [3.05, 3.63) is 54.4 Å². The summed E-state index contributed by atoms with van der Waals surface area (Å²) in [5, 5.41) is 2.97. The number of aromatic nitrogens is 1. The van der Waals surface area contributed by atoms with Gasteiger partial charge in [-0.3, -0.25) is 14.7 Å². The first kappa shape index (κ1) is 18.2. The SMILES string of the molecule is COc1ccccc1N1CCN(CCC(=O)NCc2ccncc2)CC1. The summed E-state index contributed by atoms with van der Waals surface area (Å²) >= 11 is 0. The topological polar surface area (TPSA) is 57.7 Å². The fraction of sp³-hybridized carbons (Fsp3) is 0.400. The number of methoxy groups -OCH3 is 1. The summed E-state index contributed by atoms with van der Waals surface area (Å²) in [5.41, 5.74) is 2.21. The highest BCUT2D eigenvalue weighted by Crippen LogP contribution is 2.28. The van der Waals surface area contributed by atoms with E-state index in [0.29, 0.717) is 13.0 Å². The van der Waals surface area contributed by atoms with Gasteiger partial charge in [0.2, 0.25) is 5.91 Å². The Bertz CT molecular complexity index is 700. The molecule has 0 aliphatic carbocycles. The van der Waals surface area contributed by atoms with E-state index in [1.54, 1.807) is 19.5 Å². The highest BCUT2D eigenvalue weighted by atomic mass is 16.5. The lowest BCUT2D eigenvalue weighted by molar-refractivity contribution is -0.121. The predicted molar refractivity (Wildman–Crippen MR) is 102 cm³/mol. The van der Waals surface area contributed by atoms with Crippen molar-refractivity contribution in [3.8, 4) is 5.75 Å². The van der Waals surface area contributed by atoms with E-state index in [-0.39, 0.29) is 5.91 Å². The Balaban J connectivity index is 1.39. The summed E-state index contributed by atoms with van der Waals surface area (Å²) in [6, 6.07) is 11.9. The number of nitrogens with one attached hydrogen (secondary N) is 1. The zero-order valence-corrected chi connectivity index (χ0v) is 15.2. The Morgan fingerprint density at radius 1 is 1.12 bits per heavy atom. The van der Waals surface area contributed by atoms with Gasteiger partial charge in [0.15, 0.2) is 0 Å². The molecule has 138 valence electrons. The molecule has 0 bridgehead atoms. The molecule has 1 aliphatic heterocycles. The first-order valence-electron chi connectivity index (χ1n) is 9.02. The minimum atomic E-state index is 0.0916. The summed E-state index contributed by atoms with van der Waals surface area (Å²) < 4.78 is 5.46. The van der Waals surface area contributed by atoms with Crippen LogP contribution in [0.2, 0.25) is 0 Å². The molecular formula is C20H26N4O2. The number of anilines is 1. The molecule has 1 aromatic heterocycles. The van der Waals surface area contributed by atoms with Crippen LogP contribution in [0, 0.1) is 0 Å². The summed E-state index contributed by atoms with van der Waals surface area (Å²) in [7, 11) is 1.71. The molecule has 0 spiro atoms. The van der Waals surface area contributed by atoms with Crippen molar-refractivity contribution in [2.45, 2.75) is 13.0 Å². The second-order valence-electron chi connectivity index (χ2n) is 6.38. The van der Waals surface area contributed by atoms with Gasteiger partial charge in [0.25, 0.3) is 0 Å². The number of nitrogens with zero attached hydrogens (tertiary/aromatic N) is 3. The quantitative estimate of drug-likeness (QED) is 0.823. The number of pyridine rings is 1. The van der Waals surface area contributed by atoms with Gasteiger partial charge in [-0.15, -0.1) is 0 Å². The van der Waals surface area contributed by atoms with Crippen LogP contribution < -0.4 is 15.0 Å². The molecule has 2 heterocycles. The van der Waals surface area contributed by atoms with Crippen molar-refractivity contribution in [2.24, 2.45) is 0 Å². The maximum Gasteiger partial charge on any atom is 0.221 e. The van der Waals surface area contributed by atoms with E-state index in [2.05, 4.69) is 26.2 Å². The Labute approximate surface area is 154 Å². The predicted octanol–water partition coefficient (Wildman–Crippen LogP) is 1.92. The number of carbonyl (C=O) groups is 1. The fourth-order valence-corrected chi connectivity index (χ4v) is 3.15. The molecule has 0 unspecified atom stereocenters. The molecule has 26 heavy (non-hydrogen) atoms. The minimum Gasteiger partial charge on any atom is -0.495 e. The van der Waals surface area contributed by atoms with Crippen molar-refractivity contribution < 1.29 is 9.53 Å². The monoisotopic (exact) mass is 354 g/mol. The van der Waals surface area contributed by atoms with Crippen molar-refractivity contribution in [1.82, 2.24) is 15.2 Å². The van der Waals surface area contributed by atoms with E-state index in [1.165, 1.54) is 0 Å². The normalized spacial score (nSPS) is 14.9. The molecule has 1 aliphatic rings. The first-order valence-corrected chi connectivity index (χ1v) is 9.02. The van der Waals surface area contributed by atoms with E-state index in [0.717, 1.165) is 49.7 Å². The third-order valence-electron chi connectivity index (χ3n) is 4.69. The molecule has 2 aromatic rings. The van der Waals surface area contributed by atoms with Crippen LogP contribution in [0.4, 0.5) is 5.69 Å². The van der Waals surface area contributed by atoms with Gasteiger partial charge in [-0.2, -0.15) is 0 Å². The Hall–Kier alpha value is -2.60. The summed E-state index contributed by atoms with van der Waals surface area (Å²) in [6.45, 7) is 5.15. The number of hydrogen-bond acceptors (Lipinski definition) is 5. The molecule has 6 nitrogen and oxygen atoms in total. The molecule has 6 heteroatoms.